The normalized spacial score (nSPS) is 15.0. The van der Waals surface area contributed by atoms with Crippen molar-refractivity contribution in [3.8, 4) is 11.3 Å². The summed E-state index contributed by atoms with van der Waals surface area (Å²) >= 11 is 0. The van der Waals surface area contributed by atoms with Crippen LogP contribution < -0.4 is 9.80 Å². The molecule has 0 amide bonds. The number of piperazine rings is 1. The van der Waals surface area contributed by atoms with E-state index in [0.29, 0.717) is 0 Å². The SMILES string of the molecule is CC(C)(C)c1ccc(-c2cncc(N3CCN(c4cnccn4)CC3)n2)cc1. The molecule has 1 fully saturated rings. The lowest BCUT2D eigenvalue weighted by atomic mass is 9.86. The Hall–Kier alpha value is -3.02. The number of nitrogens with zero attached hydrogens (tertiary/aromatic N) is 6. The van der Waals surface area contributed by atoms with Crippen molar-refractivity contribution < 1.29 is 0 Å². The molecule has 1 saturated heterocycles. The summed E-state index contributed by atoms with van der Waals surface area (Å²) in [5.74, 6) is 1.86. The number of anilines is 2. The lowest BCUT2D eigenvalue weighted by molar-refractivity contribution is 0.590. The van der Waals surface area contributed by atoms with Gasteiger partial charge in [0, 0.05) is 44.1 Å². The summed E-state index contributed by atoms with van der Waals surface area (Å²) in [5.41, 5.74) is 3.48. The Morgan fingerprint density at radius 3 is 2.00 bits per heavy atom. The summed E-state index contributed by atoms with van der Waals surface area (Å²) in [6, 6.07) is 8.65. The zero-order valence-corrected chi connectivity index (χ0v) is 16.7. The predicted molar refractivity (Wildman–Crippen MR) is 113 cm³/mol. The van der Waals surface area contributed by atoms with Crippen molar-refractivity contribution in [1.82, 2.24) is 19.9 Å². The maximum absolute atomic E-state index is 4.87. The van der Waals surface area contributed by atoms with E-state index in [9.17, 15) is 0 Å². The Kier molecular flexibility index (Phi) is 4.94. The molecule has 0 atom stereocenters. The van der Waals surface area contributed by atoms with Crippen LogP contribution >= 0.6 is 0 Å². The summed E-state index contributed by atoms with van der Waals surface area (Å²) in [7, 11) is 0. The van der Waals surface area contributed by atoms with Crippen LogP contribution in [0.4, 0.5) is 11.6 Å². The molecular formula is C22H26N6. The van der Waals surface area contributed by atoms with Gasteiger partial charge < -0.3 is 9.80 Å². The molecule has 1 aliphatic heterocycles. The van der Waals surface area contributed by atoms with Gasteiger partial charge in [-0.1, -0.05) is 45.0 Å². The molecule has 1 aromatic carbocycles. The van der Waals surface area contributed by atoms with Gasteiger partial charge in [-0.3, -0.25) is 9.97 Å². The van der Waals surface area contributed by atoms with Crippen molar-refractivity contribution in [2.45, 2.75) is 26.2 Å². The summed E-state index contributed by atoms with van der Waals surface area (Å²) in [5, 5.41) is 0. The highest BCUT2D eigenvalue weighted by molar-refractivity contribution is 5.61. The van der Waals surface area contributed by atoms with Gasteiger partial charge >= 0.3 is 0 Å². The number of hydrogen-bond acceptors (Lipinski definition) is 6. The highest BCUT2D eigenvalue weighted by atomic mass is 15.3. The van der Waals surface area contributed by atoms with Crippen LogP contribution in [0, 0.1) is 0 Å². The highest BCUT2D eigenvalue weighted by Crippen LogP contribution is 2.26. The molecular weight excluding hydrogens is 348 g/mol. The Bertz CT molecular complexity index is 910. The summed E-state index contributed by atoms with van der Waals surface area (Å²) in [6.45, 7) is 10.2. The molecule has 0 unspecified atom stereocenters. The first-order valence-electron chi connectivity index (χ1n) is 9.69. The lowest BCUT2D eigenvalue weighted by Crippen LogP contribution is -2.47. The largest absolute Gasteiger partial charge is 0.352 e. The maximum Gasteiger partial charge on any atom is 0.147 e. The second kappa shape index (κ2) is 7.54. The van der Waals surface area contributed by atoms with E-state index in [1.165, 1.54) is 5.56 Å². The third-order valence-electron chi connectivity index (χ3n) is 5.15. The van der Waals surface area contributed by atoms with Crippen molar-refractivity contribution >= 4 is 11.6 Å². The van der Waals surface area contributed by atoms with Crippen molar-refractivity contribution in [3.63, 3.8) is 0 Å². The van der Waals surface area contributed by atoms with E-state index >= 15 is 0 Å². The summed E-state index contributed by atoms with van der Waals surface area (Å²) in [6.07, 6.45) is 8.95. The van der Waals surface area contributed by atoms with Crippen LogP contribution in [0.25, 0.3) is 11.3 Å². The molecule has 0 radical (unpaired) electrons. The van der Waals surface area contributed by atoms with Gasteiger partial charge in [0.15, 0.2) is 0 Å². The van der Waals surface area contributed by atoms with Gasteiger partial charge in [-0.25, -0.2) is 9.97 Å². The Morgan fingerprint density at radius 2 is 1.39 bits per heavy atom. The standard InChI is InChI=1S/C22H26N6/c1-22(2,3)18-6-4-17(5-7-18)19-14-24-16-21(26-19)28-12-10-27(11-13-28)20-15-23-8-9-25-20/h4-9,14-16H,10-13H2,1-3H3. The van der Waals surface area contributed by atoms with Crippen LogP contribution in [0.15, 0.2) is 55.2 Å². The zero-order valence-electron chi connectivity index (χ0n) is 16.7. The molecule has 0 saturated carbocycles. The van der Waals surface area contributed by atoms with Gasteiger partial charge in [0.25, 0.3) is 0 Å². The molecule has 6 nitrogen and oxygen atoms in total. The van der Waals surface area contributed by atoms with Crippen LogP contribution in [0.2, 0.25) is 0 Å². The fourth-order valence-corrected chi connectivity index (χ4v) is 3.41. The molecule has 3 aromatic rings. The summed E-state index contributed by atoms with van der Waals surface area (Å²) in [4.78, 5) is 22.4. The minimum atomic E-state index is 0.148. The van der Waals surface area contributed by atoms with Crippen LogP contribution in [0.5, 0.6) is 0 Å². The van der Waals surface area contributed by atoms with E-state index in [0.717, 1.165) is 49.1 Å². The van der Waals surface area contributed by atoms with Crippen LogP contribution in [0.1, 0.15) is 26.3 Å². The minimum absolute atomic E-state index is 0.148. The van der Waals surface area contributed by atoms with E-state index < -0.39 is 0 Å². The van der Waals surface area contributed by atoms with Crippen LogP contribution in [0.3, 0.4) is 0 Å². The molecule has 0 spiro atoms. The first-order valence-corrected chi connectivity index (χ1v) is 9.69. The van der Waals surface area contributed by atoms with Gasteiger partial charge in [-0.15, -0.1) is 0 Å². The average molecular weight is 374 g/mol. The van der Waals surface area contributed by atoms with Gasteiger partial charge in [0.2, 0.25) is 0 Å². The van der Waals surface area contributed by atoms with E-state index in [1.54, 1.807) is 12.4 Å². The molecule has 1 aliphatic rings. The molecule has 0 bridgehead atoms. The monoisotopic (exact) mass is 374 g/mol. The third kappa shape index (κ3) is 3.96. The summed E-state index contributed by atoms with van der Waals surface area (Å²) < 4.78 is 0. The van der Waals surface area contributed by atoms with E-state index in [1.807, 2.05) is 18.6 Å². The van der Waals surface area contributed by atoms with Gasteiger partial charge in [-0.2, -0.15) is 0 Å². The molecule has 3 heterocycles. The topological polar surface area (TPSA) is 58.0 Å². The van der Waals surface area contributed by atoms with E-state index in [-0.39, 0.29) is 5.41 Å². The first kappa shape index (κ1) is 18.3. The second-order valence-corrected chi connectivity index (χ2v) is 8.13. The molecule has 6 heteroatoms. The Labute approximate surface area is 166 Å². The van der Waals surface area contributed by atoms with Crippen LogP contribution in [-0.2, 0) is 5.41 Å². The fourth-order valence-electron chi connectivity index (χ4n) is 3.41. The predicted octanol–water partition coefficient (Wildman–Crippen LogP) is 3.56. The molecule has 28 heavy (non-hydrogen) atoms. The number of hydrogen-bond donors (Lipinski definition) is 0. The van der Waals surface area contributed by atoms with Crippen LogP contribution in [-0.4, -0.2) is 46.1 Å². The molecule has 0 aliphatic carbocycles. The number of rotatable bonds is 3. The van der Waals surface area contributed by atoms with Crippen molar-refractivity contribution in [1.29, 1.82) is 0 Å². The first-order chi connectivity index (χ1) is 13.5. The third-order valence-corrected chi connectivity index (χ3v) is 5.15. The molecule has 4 rings (SSSR count). The quantitative estimate of drug-likeness (QED) is 0.699. The van der Waals surface area contributed by atoms with E-state index in [2.05, 4.69) is 69.8 Å². The van der Waals surface area contributed by atoms with Crippen molar-refractivity contribution in [2.75, 3.05) is 36.0 Å². The molecule has 2 aromatic heterocycles. The molecule has 144 valence electrons. The number of aromatic nitrogens is 4. The minimum Gasteiger partial charge on any atom is -0.352 e. The maximum atomic E-state index is 4.87. The Balaban J connectivity index is 1.47. The van der Waals surface area contributed by atoms with Gasteiger partial charge in [0.05, 0.1) is 24.3 Å². The fraction of sp³-hybridized carbons (Fsp3) is 0.364. The van der Waals surface area contributed by atoms with Crippen molar-refractivity contribution in [3.05, 3.63) is 60.8 Å². The smallest absolute Gasteiger partial charge is 0.147 e. The van der Waals surface area contributed by atoms with Crippen molar-refractivity contribution in [2.24, 2.45) is 0 Å². The number of benzene rings is 1. The van der Waals surface area contributed by atoms with Gasteiger partial charge in [-0.05, 0) is 11.0 Å². The second-order valence-electron chi connectivity index (χ2n) is 8.13. The average Bonchev–Trinajstić information content (AvgIpc) is 2.74. The lowest BCUT2D eigenvalue weighted by Gasteiger charge is -2.35. The zero-order chi connectivity index (χ0) is 19.6. The highest BCUT2D eigenvalue weighted by Gasteiger charge is 2.20. The van der Waals surface area contributed by atoms with Gasteiger partial charge in [0.1, 0.15) is 11.6 Å². The van der Waals surface area contributed by atoms with E-state index in [4.69, 9.17) is 4.98 Å². The Morgan fingerprint density at radius 1 is 0.750 bits per heavy atom. The molecule has 0 N–H and O–H groups in total.